The van der Waals surface area contributed by atoms with Crippen LogP contribution in [0.1, 0.15) is 22.5 Å². The van der Waals surface area contributed by atoms with E-state index in [1.54, 1.807) is 18.2 Å². The fraction of sp³-hybridized carbons (Fsp3) is 0.167. The molecule has 3 rings (SSSR count). The number of rotatable bonds is 1. The van der Waals surface area contributed by atoms with E-state index in [0.29, 0.717) is 24.1 Å². The summed E-state index contributed by atoms with van der Waals surface area (Å²) in [7, 11) is 0. The van der Waals surface area contributed by atoms with Gasteiger partial charge in [0.1, 0.15) is 11.5 Å². The van der Waals surface area contributed by atoms with Gasteiger partial charge in [-0.1, -0.05) is 12.1 Å². The second kappa shape index (κ2) is 3.27. The van der Waals surface area contributed by atoms with Gasteiger partial charge in [0.05, 0.1) is 17.5 Å². The lowest BCUT2D eigenvalue weighted by Gasteiger charge is -2.05. The Hall–Kier alpha value is -1.97. The van der Waals surface area contributed by atoms with Crippen molar-refractivity contribution in [3.05, 3.63) is 47.5 Å². The molecule has 0 saturated carbocycles. The maximum atomic E-state index is 13.6. The molecule has 0 unspecified atom stereocenters. The van der Waals surface area contributed by atoms with E-state index < -0.39 is 0 Å². The zero-order valence-electron chi connectivity index (χ0n) is 8.48. The molecule has 1 aromatic carbocycles. The van der Waals surface area contributed by atoms with E-state index in [1.165, 1.54) is 16.9 Å². The SMILES string of the molecule is O=C1CCc2c1cnn2-c1ccccc1F. The van der Waals surface area contributed by atoms with Gasteiger partial charge in [-0.2, -0.15) is 5.10 Å². The highest BCUT2D eigenvalue weighted by molar-refractivity contribution is 5.99. The maximum Gasteiger partial charge on any atom is 0.166 e. The molecule has 1 aliphatic carbocycles. The van der Waals surface area contributed by atoms with Crippen LogP contribution >= 0.6 is 0 Å². The number of benzene rings is 1. The molecule has 1 aromatic heterocycles. The van der Waals surface area contributed by atoms with Crippen LogP contribution in [0, 0.1) is 5.82 Å². The van der Waals surface area contributed by atoms with E-state index in [2.05, 4.69) is 5.10 Å². The summed E-state index contributed by atoms with van der Waals surface area (Å²) in [5, 5.41) is 4.08. The van der Waals surface area contributed by atoms with Gasteiger partial charge < -0.3 is 0 Å². The summed E-state index contributed by atoms with van der Waals surface area (Å²) in [6.07, 6.45) is 2.67. The molecule has 0 amide bonds. The molecule has 0 saturated heterocycles. The lowest BCUT2D eigenvalue weighted by atomic mass is 10.2. The second-order valence-corrected chi connectivity index (χ2v) is 3.79. The summed E-state index contributed by atoms with van der Waals surface area (Å²) in [6.45, 7) is 0. The average Bonchev–Trinajstić information content (AvgIpc) is 2.83. The number of hydrogen-bond donors (Lipinski definition) is 0. The maximum absolute atomic E-state index is 13.6. The van der Waals surface area contributed by atoms with Gasteiger partial charge in [-0.3, -0.25) is 4.79 Å². The first-order valence-corrected chi connectivity index (χ1v) is 5.12. The smallest absolute Gasteiger partial charge is 0.166 e. The minimum absolute atomic E-state index is 0.0950. The highest BCUT2D eigenvalue weighted by atomic mass is 19.1. The third-order valence-electron chi connectivity index (χ3n) is 2.84. The first-order chi connectivity index (χ1) is 7.77. The Bertz CT molecular complexity index is 574. The molecule has 2 aromatic rings. The summed E-state index contributed by atoms with van der Waals surface area (Å²) >= 11 is 0. The lowest BCUT2D eigenvalue weighted by molar-refractivity contribution is 0.0994. The van der Waals surface area contributed by atoms with Gasteiger partial charge in [0, 0.05) is 6.42 Å². The quantitative estimate of drug-likeness (QED) is 0.732. The summed E-state index contributed by atoms with van der Waals surface area (Å²) < 4.78 is 15.1. The zero-order valence-corrected chi connectivity index (χ0v) is 8.48. The van der Waals surface area contributed by atoms with Crippen LogP contribution in [0.5, 0.6) is 0 Å². The Labute approximate surface area is 91.5 Å². The van der Waals surface area contributed by atoms with Crippen molar-refractivity contribution < 1.29 is 9.18 Å². The number of carbonyl (C=O) groups excluding carboxylic acids is 1. The molecule has 0 spiro atoms. The van der Waals surface area contributed by atoms with Crippen LogP contribution in [0.2, 0.25) is 0 Å². The van der Waals surface area contributed by atoms with Crippen molar-refractivity contribution in [3.63, 3.8) is 0 Å². The highest BCUT2D eigenvalue weighted by Gasteiger charge is 2.25. The third-order valence-corrected chi connectivity index (χ3v) is 2.84. The molecule has 3 nitrogen and oxygen atoms in total. The molecule has 1 aliphatic rings. The standard InChI is InChI=1S/C12H9FN2O/c13-9-3-1-2-4-11(9)15-10-5-6-12(16)8(10)7-14-15/h1-4,7H,5-6H2. The zero-order chi connectivity index (χ0) is 11.1. The van der Waals surface area contributed by atoms with Gasteiger partial charge in [0.25, 0.3) is 0 Å². The van der Waals surface area contributed by atoms with E-state index in [9.17, 15) is 9.18 Å². The predicted molar refractivity (Wildman–Crippen MR) is 56.2 cm³/mol. The number of fused-ring (bicyclic) bond motifs is 1. The summed E-state index contributed by atoms with van der Waals surface area (Å²) in [5.41, 5.74) is 1.84. The van der Waals surface area contributed by atoms with Gasteiger partial charge in [-0.15, -0.1) is 0 Å². The van der Waals surface area contributed by atoms with E-state index in [1.807, 2.05) is 0 Å². The van der Waals surface area contributed by atoms with Crippen LogP contribution in [-0.2, 0) is 6.42 Å². The number of Topliss-reactive ketones (excluding diaryl/α,β-unsaturated/α-hetero) is 1. The van der Waals surface area contributed by atoms with Gasteiger partial charge in [0.2, 0.25) is 0 Å². The minimum atomic E-state index is -0.326. The van der Waals surface area contributed by atoms with E-state index in [4.69, 9.17) is 0 Å². The van der Waals surface area contributed by atoms with Gasteiger partial charge >= 0.3 is 0 Å². The molecular formula is C12H9FN2O. The number of para-hydroxylation sites is 1. The van der Waals surface area contributed by atoms with Crippen molar-refractivity contribution in [3.8, 4) is 5.69 Å². The van der Waals surface area contributed by atoms with Crippen LogP contribution in [0.4, 0.5) is 4.39 Å². The second-order valence-electron chi connectivity index (χ2n) is 3.79. The van der Waals surface area contributed by atoms with Gasteiger partial charge in [-0.05, 0) is 18.6 Å². The van der Waals surface area contributed by atoms with Crippen LogP contribution in [0.3, 0.4) is 0 Å². The summed E-state index contributed by atoms with van der Waals surface area (Å²) in [6, 6.07) is 6.43. The van der Waals surface area contributed by atoms with Crippen molar-refractivity contribution in [1.82, 2.24) is 9.78 Å². The Morgan fingerprint density at radius 2 is 2.06 bits per heavy atom. The Morgan fingerprint density at radius 1 is 1.25 bits per heavy atom. The molecule has 0 atom stereocenters. The number of hydrogen-bond acceptors (Lipinski definition) is 2. The molecule has 0 bridgehead atoms. The number of halogens is 1. The van der Waals surface area contributed by atoms with Crippen LogP contribution < -0.4 is 0 Å². The van der Waals surface area contributed by atoms with Crippen LogP contribution in [0.15, 0.2) is 30.5 Å². The Balaban J connectivity index is 2.19. The van der Waals surface area contributed by atoms with E-state index in [0.717, 1.165) is 5.69 Å². The summed E-state index contributed by atoms with van der Waals surface area (Å²) in [5.74, 6) is -0.231. The fourth-order valence-corrected chi connectivity index (χ4v) is 2.04. The monoisotopic (exact) mass is 216 g/mol. The molecular weight excluding hydrogens is 207 g/mol. The third kappa shape index (κ3) is 1.19. The van der Waals surface area contributed by atoms with Gasteiger partial charge in [-0.25, -0.2) is 9.07 Å². The summed E-state index contributed by atoms with van der Waals surface area (Å²) in [4.78, 5) is 11.4. The topological polar surface area (TPSA) is 34.9 Å². The van der Waals surface area contributed by atoms with Gasteiger partial charge in [0.15, 0.2) is 5.78 Å². The number of nitrogens with zero attached hydrogens (tertiary/aromatic N) is 2. The molecule has 16 heavy (non-hydrogen) atoms. The minimum Gasteiger partial charge on any atom is -0.294 e. The molecule has 0 fully saturated rings. The largest absolute Gasteiger partial charge is 0.294 e. The first-order valence-electron chi connectivity index (χ1n) is 5.12. The van der Waals surface area contributed by atoms with Crippen molar-refractivity contribution >= 4 is 5.78 Å². The van der Waals surface area contributed by atoms with Crippen molar-refractivity contribution in [1.29, 1.82) is 0 Å². The number of aromatic nitrogens is 2. The molecule has 80 valence electrons. The Morgan fingerprint density at radius 3 is 2.88 bits per heavy atom. The number of ketones is 1. The molecule has 0 N–H and O–H groups in total. The van der Waals surface area contributed by atoms with E-state index >= 15 is 0 Å². The molecule has 4 heteroatoms. The van der Waals surface area contributed by atoms with Crippen molar-refractivity contribution in [2.24, 2.45) is 0 Å². The highest BCUT2D eigenvalue weighted by Crippen LogP contribution is 2.25. The average molecular weight is 216 g/mol. The Kier molecular flexibility index (Phi) is 1.89. The number of carbonyl (C=O) groups is 1. The normalized spacial score (nSPS) is 14.2. The fourth-order valence-electron chi connectivity index (χ4n) is 2.04. The van der Waals surface area contributed by atoms with Crippen LogP contribution in [-0.4, -0.2) is 15.6 Å². The van der Waals surface area contributed by atoms with Crippen molar-refractivity contribution in [2.45, 2.75) is 12.8 Å². The van der Waals surface area contributed by atoms with E-state index in [-0.39, 0.29) is 11.6 Å². The molecule has 0 aliphatic heterocycles. The first kappa shape index (κ1) is 9.27. The molecule has 0 radical (unpaired) electrons. The predicted octanol–water partition coefficient (Wildman–Crippen LogP) is 2.14. The lowest BCUT2D eigenvalue weighted by Crippen LogP contribution is -2.03. The van der Waals surface area contributed by atoms with Crippen LogP contribution in [0.25, 0.3) is 5.69 Å². The molecule has 1 heterocycles. The van der Waals surface area contributed by atoms with Crippen molar-refractivity contribution in [2.75, 3.05) is 0 Å².